The molecule has 0 saturated heterocycles. The number of hydrogen-bond acceptors (Lipinski definition) is 3. The number of phenolic OH excluding ortho intramolecular Hbond substituents is 1. The molecule has 1 aliphatic carbocycles. The maximum Gasteiger partial charge on any atom is 0.308 e. The van der Waals surface area contributed by atoms with E-state index in [1.807, 2.05) is 12.1 Å². The predicted octanol–water partition coefficient (Wildman–Crippen LogP) is 6.23. The predicted molar refractivity (Wildman–Crippen MR) is 115 cm³/mol. The van der Waals surface area contributed by atoms with Crippen LogP contribution in [0.4, 0.5) is 0 Å². The summed E-state index contributed by atoms with van der Waals surface area (Å²) in [4.78, 5) is 11.1. The number of benzene rings is 2. The number of carbonyl (C=O) groups excluding carboxylic acids is 1. The van der Waals surface area contributed by atoms with Gasteiger partial charge in [0, 0.05) is 6.92 Å². The topological polar surface area (TPSA) is 46.5 Å². The van der Waals surface area contributed by atoms with Crippen molar-refractivity contribution in [2.45, 2.75) is 65.2 Å². The van der Waals surface area contributed by atoms with Crippen molar-refractivity contribution in [2.75, 3.05) is 0 Å². The van der Waals surface area contributed by atoms with Crippen LogP contribution in [0.1, 0.15) is 76.6 Å². The second-order valence-electron chi connectivity index (χ2n) is 9.18. The zero-order valence-electron chi connectivity index (χ0n) is 17.7. The van der Waals surface area contributed by atoms with Gasteiger partial charge in [0.25, 0.3) is 0 Å². The summed E-state index contributed by atoms with van der Waals surface area (Å²) in [5.74, 6) is -0.306. The lowest BCUT2D eigenvalue weighted by Crippen LogP contribution is -2.33. The summed E-state index contributed by atoms with van der Waals surface area (Å²) in [5, 5.41) is 10.1. The summed E-state index contributed by atoms with van der Waals surface area (Å²) in [5.41, 5.74) is 6.44. The highest BCUT2D eigenvalue weighted by atomic mass is 16.5. The molecule has 148 valence electrons. The summed E-state index contributed by atoms with van der Waals surface area (Å²) < 4.78 is 4.98. The summed E-state index contributed by atoms with van der Waals surface area (Å²) >= 11 is 0. The summed E-state index contributed by atoms with van der Waals surface area (Å²) in [7, 11) is 0. The maximum absolute atomic E-state index is 11.1. The monoisotopic (exact) mass is 378 g/mol. The summed E-state index contributed by atoms with van der Waals surface area (Å²) in [6.45, 7) is 12.7. The third-order valence-corrected chi connectivity index (χ3v) is 5.93. The van der Waals surface area contributed by atoms with E-state index in [4.69, 9.17) is 4.74 Å². The zero-order valence-corrected chi connectivity index (χ0v) is 17.7. The van der Waals surface area contributed by atoms with Crippen molar-refractivity contribution in [1.29, 1.82) is 0 Å². The Balaban J connectivity index is 1.96. The first-order chi connectivity index (χ1) is 13.0. The number of fused-ring (bicyclic) bond motifs is 1. The van der Waals surface area contributed by atoms with Crippen LogP contribution in [-0.4, -0.2) is 11.1 Å². The van der Waals surface area contributed by atoms with Gasteiger partial charge in [-0.2, -0.15) is 0 Å². The Morgan fingerprint density at radius 2 is 1.61 bits per heavy atom. The standard InChI is InChI=1S/C25H30O3/c1-16(13-18-7-10-23(22(27)14-18)28-17(2)26)19-8-9-20-21(15-19)25(5,6)12-11-24(20,3)4/h7-10,13-15,27H,11-12H2,1-6H3/b16-13+. The van der Waals surface area contributed by atoms with Gasteiger partial charge in [-0.1, -0.05) is 58.0 Å². The van der Waals surface area contributed by atoms with Gasteiger partial charge >= 0.3 is 5.97 Å². The van der Waals surface area contributed by atoms with Crippen LogP contribution in [0.15, 0.2) is 36.4 Å². The molecule has 28 heavy (non-hydrogen) atoms. The molecule has 1 aliphatic rings. The molecule has 0 heterocycles. The Bertz CT molecular complexity index is 948. The number of phenols is 1. The molecule has 0 aliphatic heterocycles. The SMILES string of the molecule is CC(=O)Oc1ccc(/C=C(\C)c2ccc3c(c2)C(C)(C)CCC3(C)C)cc1O. The molecule has 0 unspecified atom stereocenters. The molecule has 1 N–H and O–H groups in total. The molecule has 0 spiro atoms. The number of hydrogen-bond donors (Lipinski definition) is 1. The van der Waals surface area contributed by atoms with Crippen LogP contribution in [0.25, 0.3) is 11.6 Å². The smallest absolute Gasteiger partial charge is 0.308 e. The molecular formula is C25H30O3. The molecule has 0 bridgehead atoms. The third-order valence-electron chi connectivity index (χ3n) is 5.93. The number of allylic oxidation sites excluding steroid dienone is 1. The Morgan fingerprint density at radius 3 is 2.21 bits per heavy atom. The Morgan fingerprint density at radius 1 is 0.964 bits per heavy atom. The van der Waals surface area contributed by atoms with Crippen molar-refractivity contribution >= 4 is 17.6 Å². The van der Waals surface area contributed by atoms with Crippen LogP contribution in [0, 0.1) is 0 Å². The second kappa shape index (κ2) is 7.12. The average molecular weight is 379 g/mol. The van der Waals surface area contributed by atoms with Crippen molar-refractivity contribution in [3.8, 4) is 11.5 Å². The van der Waals surface area contributed by atoms with Crippen LogP contribution in [0.3, 0.4) is 0 Å². The number of carbonyl (C=O) groups is 1. The number of ether oxygens (including phenoxy) is 1. The molecule has 3 rings (SSSR count). The fourth-order valence-electron chi connectivity index (χ4n) is 4.03. The van der Waals surface area contributed by atoms with Gasteiger partial charge in [-0.15, -0.1) is 0 Å². The molecule has 0 radical (unpaired) electrons. The molecule has 0 atom stereocenters. The summed E-state index contributed by atoms with van der Waals surface area (Å²) in [6, 6.07) is 11.9. The lowest BCUT2D eigenvalue weighted by Gasteiger charge is -2.42. The molecule has 0 amide bonds. The quantitative estimate of drug-likeness (QED) is 0.391. The molecule has 0 aromatic heterocycles. The van der Waals surface area contributed by atoms with E-state index in [0.717, 1.165) is 11.1 Å². The van der Waals surface area contributed by atoms with Crippen molar-refractivity contribution in [3.63, 3.8) is 0 Å². The van der Waals surface area contributed by atoms with Crippen molar-refractivity contribution in [1.82, 2.24) is 0 Å². The highest BCUT2D eigenvalue weighted by Crippen LogP contribution is 2.46. The number of rotatable bonds is 3. The van der Waals surface area contributed by atoms with E-state index in [9.17, 15) is 9.90 Å². The minimum absolute atomic E-state index is 0.0370. The van der Waals surface area contributed by atoms with Crippen LogP contribution in [0.2, 0.25) is 0 Å². The molecule has 0 fully saturated rings. The van der Waals surface area contributed by atoms with Crippen LogP contribution < -0.4 is 4.74 Å². The molecule has 3 nitrogen and oxygen atoms in total. The van der Waals surface area contributed by atoms with Crippen LogP contribution in [0.5, 0.6) is 11.5 Å². The van der Waals surface area contributed by atoms with Crippen molar-refractivity contribution < 1.29 is 14.6 Å². The fraction of sp³-hybridized carbons (Fsp3) is 0.400. The summed E-state index contributed by atoms with van der Waals surface area (Å²) in [6.07, 6.45) is 4.43. The first kappa shape index (κ1) is 20.2. The average Bonchev–Trinajstić information content (AvgIpc) is 2.61. The van der Waals surface area contributed by atoms with E-state index in [-0.39, 0.29) is 22.3 Å². The van der Waals surface area contributed by atoms with Gasteiger partial charge in [0.2, 0.25) is 0 Å². The molecule has 0 saturated carbocycles. The highest BCUT2D eigenvalue weighted by Gasteiger charge is 2.36. The number of aromatic hydroxyl groups is 1. The van der Waals surface area contributed by atoms with Gasteiger partial charge in [-0.25, -0.2) is 0 Å². The largest absolute Gasteiger partial charge is 0.504 e. The first-order valence-electron chi connectivity index (χ1n) is 9.85. The van der Waals surface area contributed by atoms with Crippen LogP contribution >= 0.6 is 0 Å². The van der Waals surface area contributed by atoms with E-state index < -0.39 is 5.97 Å². The van der Waals surface area contributed by atoms with Gasteiger partial charge in [-0.3, -0.25) is 4.79 Å². The van der Waals surface area contributed by atoms with E-state index in [1.165, 1.54) is 36.5 Å². The maximum atomic E-state index is 11.1. The Labute approximate surface area is 168 Å². The zero-order chi connectivity index (χ0) is 20.7. The van der Waals surface area contributed by atoms with E-state index in [1.54, 1.807) is 12.1 Å². The van der Waals surface area contributed by atoms with Gasteiger partial charge in [0.05, 0.1) is 0 Å². The third kappa shape index (κ3) is 3.99. The lowest BCUT2D eigenvalue weighted by atomic mass is 9.63. The fourth-order valence-corrected chi connectivity index (χ4v) is 4.03. The van der Waals surface area contributed by atoms with Gasteiger partial charge in [0.1, 0.15) is 0 Å². The molecule has 2 aromatic rings. The second-order valence-corrected chi connectivity index (χ2v) is 9.18. The van der Waals surface area contributed by atoms with E-state index >= 15 is 0 Å². The van der Waals surface area contributed by atoms with Crippen LogP contribution in [-0.2, 0) is 15.6 Å². The van der Waals surface area contributed by atoms with Gasteiger partial charge < -0.3 is 9.84 Å². The Hall–Kier alpha value is -2.55. The first-order valence-corrected chi connectivity index (χ1v) is 9.85. The molecule has 2 aromatic carbocycles. The lowest BCUT2D eigenvalue weighted by molar-refractivity contribution is -0.132. The van der Waals surface area contributed by atoms with Crippen molar-refractivity contribution in [2.24, 2.45) is 0 Å². The number of esters is 1. The molecular weight excluding hydrogens is 348 g/mol. The van der Waals surface area contributed by atoms with Gasteiger partial charge in [-0.05, 0) is 70.6 Å². The minimum Gasteiger partial charge on any atom is -0.504 e. The van der Waals surface area contributed by atoms with Gasteiger partial charge in [0.15, 0.2) is 11.5 Å². The van der Waals surface area contributed by atoms with E-state index in [0.29, 0.717) is 0 Å². The minimum atomic E-state index is -0.450. The highest BCUT2D eigenvalue weighted by molar-refractivity contribution is 5.81. The normalized spacial score (nSPS) is 17.7. The molecule has 3 heteroatoms. The van der Waals surface area contributed by atoms with Crippen molar-refractivity contribution in [3.05, 3.63) is 58.7 Å². The van der Waals surface area contributed by atoms with E-state index in [2.05, 4.69) is 52.8 Å². The Kier molecular flexibility index (Phi) is 5.14.